The maximum absolute atomic E-state index is 13.6. The average Bonchev–Trinajstić information content (AvgIpc) is 3.58. The van der Waals surface area contributed by atoms with Crippen LogP contribution in [0, 0.1) is 17.8 Å². The zero-order valence-electron chi connectivity index (χ0n) is 20.3. The SMILES string of the molecule is COc1cccc2[nH]c(C(=O)N3C[C@@H]4CCC[C@@H]4[C@H]3C(=O)N[C@@H](C[C@@H]3CCCNC3=O)C(=O)O)cc12. The third-order valence-electron chi connectivity index (χ3n) is 8.03. The van der Waals surface area contributed by atoms with Crippen molar-refractivity contribution in [1.82, 2.24) is 20.5 Å². The molecule has 2 aliphatic heterocycles. The molecule has 10 nitrogen and oxygen atoms in total. The number of methoxy groups -OCH3 is 1. The van der Waals surface area contributed by atoms with Gasteiger partial charge in [0.2, 0.25) is 11.8 Å². The Hall–Kier alpha value is -3.56. The second-order valence-electron chi connectivity index (χ2n) is 10.1. The summed E-state index contributed by atoms with van der Waals surface area (Å²) in [5.74, 6) is -1.73. The van der Waals surface area contributed by atoms with Crippen LogP contribution in [0.3, 0.4) is 0 Å². The largest absolute Gasteiger partial charge is 0.496 e. The highest BCUT2D eigenvalue weighted by Crippen LogP contribution is 2.43. The number of aliphatic carboxylic acids is 1. The average molecular weight is 497 g/mol. The summed E-state index contributed by atoms with van der Waals surface area (Å²) >= 11 is 0. The van der Waals surface area contributed by atoms with Crippen LogP contribution in [-0.4, -0.2) is 71.0 Å². The predicted octanol–water partition coefficient (Wildman–Crippen LogP) is 1.90. The lowest BCUT2D eigenvalue weighted by atomic mass is 9.90. The number of nitrogens with one attached hydrogen (secondary N) is 3. The van der Waals surface area contributed by atoms with Crippen LogP contribution in [0.5, 0.6) is 5.75 Å². The number of hydrogen-bond acceptors (Lipinski definition) is 5. The number of aromatic amines is 1. The molecule has 3 heterocycles. The van der Waals surface area contributed by atoms with Crippen LogP contribution in [0.2, 0.25) is 0 Å². The first-order valence-electron chi connectivity index (χ1n) is 12.6. The van der Waals surface area contributed by atoms with Gasteiger partial charge in [-0.1, -0.05) is 12.5 Å². The van der Waals surface area contributed by atoms with Crippen molar-refractivity contribution in [3.05, 3.63) is 30.0 Å². The van der Waals surface area contributed by atoms with Crippen molar-refractivity contribution in [3.63, 3.8) is 0 Å². The number of hydrogen-bond donors (Lipinski definition) is 4. The monoisotopic (exact) mass is 496 g/mol. The number of likely N-dealkylation sites (tertiary alicyclic amines) is 1. The number of carboxylic acids is 1. The summed E-state index contributed by atoms with van der Waals surface area (Å²) in [6, 6.07) is 5.31. The van der Waals surface area contributed by atoms with Gasteiger partial charge in [0, 0.05) is 29.9 Å². The van der Waals surface area contributed by atoms with Gasteiger partial charge in [0.05, 0.1) is 7.11 Å². The lowest BCUT2D eigenvalue weighted by molar-refractivity contribution is -0.143. The summed E-state index contributed by atoms with van der Waals surface area (Å²) in [5, 5.41) is 16.0. The first-order chi connectivity index (χ1) is 17.4. The van der Waals surface area contributed by atoms with Gasteiger partial charge in [-0.2, -0.15) is 0 Å². The Labute approximate surface area is 208 Å². The molecule has 0 bridgehead atoms. The van der Waals surface area contributed by atoms with Gasteiger partial charge in [-0.3, -0.25) is 14.4 Å². The molecule has 0 spiro atoms. The summed E-state index contributed by atoms with van der Waals surface area (Å²) in [6.07, 6.45) is 4.13. The van der Waals surface area contributed by atoms with Crippen molar-refractivity contribution < 1.29 is 29.0 Å². The van der Waals surface area contributed by atoms with Crippen LogP contribution >= 0.6 is 0 Å². The van der Waals surface area contributed by atoms with E-state index in [0.717, 1.165) is 36.6 Å². The maximum Gasteiger partial charge on any atom is 0.326 e. The summed E-state index contributed by atoms with van der Waals surface area (Å²) in [7, 11) is 1.57. The van der Waals surface area contributed by atoms with E-state index in [1.807, 2.05) is 18.2 Å². The Kier molecular flexibility index (Phi) is 6.59. The van der Waals surface area contributed by atoms with Crippen molar-refractivity contribution in [2.75, 3.05) is 20.2 Å². The number of benzene rings is 1. The highest BCUT2D eigenvalue weighted by Gasteiger charge is 2.50. The number of nitrogens with zero attached hydrogens (tertiary/aromatic N) is 1. The van der Waals surface area contributed by atoms with Crippen LogP contribution in [0.4, 0.5) is 0 Å². The highest BCUT2D eigenvalue weighted by molar-refractivity contribution is 6.02. The van der Waals surface area contributed by atoms with Gasteiger partial charge in [-0.05, 0) is 62.1 Å². The quantitative estimate of drug-likeness (QED) is 0.462. The van der Waals surface area contributed by atoms with E-state index < -0.39 is 29.9 Å². The topological polar surface area (TPSA) is 141 Å². The van der Waals surface area contributed by atoms with Crippen LogP contribution in [0.1, 0.15) is 49.0 Å². The minimum atomic E-state index is -1.19. The molecule has 1 saturated carbocycles. The minimum Gasteiger partial charge on any atom is -0.496 e. The van der Waals surface area contributed by atoms with Gasteiger partial charge in [0.25, 0.3) is 5.91 Å². The Morgan fingerprint density at radius 2 is 2.06 bits per heavy atom. The molecule has 3 fully saturated rings. The van der Waals surface area contributed by atoms with E-state index in [1.165, 1.54) is 0 Å². The number of carboxylic acid groups (broad SMARTS) is 1. The summed E-state index contributed by atoms with van der Waals surface area (Å²) < 4.78 is 5.41. The number of H-pyrrole nitrogens is 1. The second-order valence-corrected chi connectivity index (χ2v) is 10.1. The first kappa shape index (κ1) is 24.1. The normalized spacial score (nSPS) is 26.4. The molecule has 5 rings (SSSR count). The van der Waals surface area contributed by atoms with E-state index in [1.54, 1.807) is 18.1 Å². The van der Waals surface area contributed by atoms with E-state index in [4.69, 9.17) is 4.74 Å². The van der Waals surface area contributed by atoms with Gasteiger partial charge >= 0.3 is 5.97 Å². The number of piperidine rings is 1. The van der Waals surface area contributed by atoms with Crippen molar-refractivity contribution in [2.24, 2.45) is 17.8 Å². The van der Waals surface area contributed by atoms with Crippen LogP contribution in [0.25, 0.3) is 10.9 Å². The zero-order valence-corrected chi connectivity index (χ0v) is 20.3. The molecular weight excluding hydrogens is 464 g/mol. The van der Waals surface area contributed by atoms with Crippen molar-refractivity contribution in [3.8, 4) is 5.75 Å². The van der Waals surface area contributed by atoms with E-state index in [-0.39, 0.29) is 30.1 Å². The molecule has 1 aromatic carbocycles. The summed E-state index contributed by atoms with van der Waals surface area (Å²) in [6.45, 7) is 1.04. The van der Waals surface area contributed by atoms with Gasteiger partial charge in [-0.15, -0.1) is 0 Å². The molecule has 1 aromatic heterocycles. The number of carbonyl (C=O) groups excluding carboxylic acids is 3. The fourth-order valence-electron chi connectivity index (χ4n) is 6.25. The molecule has 4 N–H and O–H groups in total. The number of rotatable bonds is 7. The van der Waals surface area contributed by atoms with E-state index in [0.29, 0.717) is 31.0 Å². The van der Waals surface area contributed by atoms with Crippen molar-refractivity contribution >= 4 is 34.6 Å². The molecule has 3 aliphatic rings. The van der Waals surface area contributed by atoms with E-state index in [9.17, 15) is 24.3 Å². The lowest BCUT2D eigenvalue weighted by Crippen LogP contribution is -2.53. The van der Waals surface area contributed by atoms with Gasteiger partial charge < -0.3 is 30.4 Å². The van der Waals surface area contributed by atoms with E-state index >= 15 is 0 Å². The van der Waals surface area contributed by atoms with Crippen molar-refractivity contribution in [1.29, 1.82) is 0 Å². The summed E-state index contributed by atoms with van der Waals surface area (Å²) in [4.78, 5) is 56.1. The first-order valence-corrected chi connectivity index (χ1v) is 12.6. The van der Waals surface area contributed by atoms with Gasteiger partial charge in [-0.25, -0.2) is 4.79 Å². The Morgan fingerprint density at radius 1 is 1.22 bits per heavy atom. The third kappa shape index (κ3) is 4.40. The van der Waals surface area contributed by atoms with E-state index in [2.05, 4.69) is 15.6 Å². The fraction of sp³-hybridized carbons (Fsp3) is 0.538. The van der Waals surface area contributed by atoms with Crippen LogP contribution < -0.4 is 15.4 Å². The number of ether oxygens (including phenoxy) is 1. The molecule has 3 amide bonds. The maximum atomic E-state index is 13.6. The Balaban J connectivity index is 1.38. The number of amides is 3. The molecular formula is C26H32N4O6. The molecule has 2 aromatic rings. The highest BCUT2D eigenvalue weighted by atomic mass is 16.5. The summed E-state index contributed by atoms with van der Waals surface area (Å²) in [5.41, 5.74) is 1.12. The van der Waals surface area contributed by atoms with Crippen molar-refractivity contribution in [2.45, 2.75) is 50.6 Å². The lowest BCUT2D eigenvalue weighted by Gasteiger charge is -2.29. The molecule has 0 radical (unpaired) electrons. The standard InChI is InChI=1S/C26H32N4O6/c1-36-21-9-3-8-18-17(21)12-19(28-18)25(33)30-13-15-5-2-7-16(15)22(30)24(32)29-20(26(34)35)11-14-6-4-10-27-23(14)31/h3,8-9,12,14-16,20,22,28H,2,4-7,10-11,13H2,1H3,(H,27,31)(H,29,32)(H,34,35)/t14-,15-,16-,20-,22-/m0/s1. The zero-order chi connectivity index (χ0) is 25.4. The second kappa shape index (κ2) is 9.83. The molecule has 2 saturated heterocycles. The van der Waals surface area contributed by atoms with Crippen LogP contribution in [-0.2, 0) is 14.4 Å². The van der Waals surface area contributed by atoms with Crippen LogP contribution in [0.15, 0.2) is 24.3 Å². The number of carbonyl (C=O) groups is 4. The smallest absolute Gasteiger partial charge is 0.326 e. The van der Waals surface area contributed by atoms with Gasteiger partial charge in [0.15, 0.2) is 0 Å². The molecule has 1 aliphatic carbocycles. The molecule has 10 heteroatoms. The molecule has 0 unspecified atom stereocenters. The molecule has 5 atom stereocenters. The molecule has 36 heavy (non-hydrogen) atoms. The van der Waals surface area contributed by atoms with Gasteiger partial charge in [0.1, 0.15) is 23.5 Å². The Morgan fingerprint density at radius 3 is 2.81 bits per heavy atom. The Bertz CT molecular complexity index is 1190. The molecule has 192 valence electrons. The number of aromatic nitrogens is 1. The fourth-order valence-corrected chi connectivity index (χ4v) is 6.25. The third-order valence-corrected chi connectivity index (χ3v) is 8.03. The number of fused-ring (bicyclic) bond motifs is 2. The minimum absolute atomic E-state index is 0.0136. The predicted molar refractivity (Wildman–Crippen MR) is 130 cm³/mol.